The number of nitrogens with one attached hydrogen (secondary N) is 2. The lowest BCUT2D eigenvalue weighted by Crippen LogP contribution is -2.51. The van der Waals surface area contributed by atoms with Gasteiger partial charge in [-0.15, -0.1) is 0 Å². The van der Waals surface area contributed by atoms with Gasteiger partial charge in [0.05, 0.1) is 10.7 Å². The highest BCUT2D eigenvalue weighted by atomic mass is 35.5. The number of phenols is 1. The van der Waals surface area contributed by atoms with E-state index in [4.69, 9.17) is 22.8 Å². The molecule has 220 valence electrons. The molecule has 3 aromatic carbocycles. The lowest BCUT2D eigenvalue weighted by molar-refractivity contribution is -0.136. The predicted octanol–water partition coefficient (Wildman–Crippen LogP) is 6.21. The van der Waals surface area contributed by atoms with Crippen molar-refractivity contribution in [1.82, 2.24) is 10.2 Å². The number of alkyl carbamates (subject to hydrolysis) is 1. The number of nitrogens with zero attached hydrogens (tertiary/aromatic N) is 1. The summed E-state index contributed by atoms with van der Waals surface area (Å²) in [5.41, 5.74) is 3.17. The second-order valence-electron chi connectivity index (χ2n) is 11.2. The molecule has 0 aromatic heterocycles. The average molecular weight is 590 g/mol. The molecule has 0 bridgehead atoms. The highest BCUT2D eigenvalue weighted by Crippen LogP contribution is 2.30. The zero-order valence-corrected chi connectivity index (χ0v) is 25.4. The average Bonchev–Trinajstić information content (AvgIpc) is 2.88. The summed E-state index contributed by atoms with van der Waals surface area (Å²) in [7, 11) is 0. The van der Waals surface area contributed by atoms with Gasteiger partial charge in [-0.2, -0.15) is 0 Å². The van der Waals surface area contributed by atoms with Gasteiger partial charge in [-0.1, -0.05) is 71.6 Å². The minimum Gasteiger partial charge on any atom is -0.508 e. The van der Waals surface area contributed by atoms with E-state index in [0.717, 1.165) is 21.6 Å². The summed E-state index contributed by atoms with van der Waals surface area (Å²) in [4.78, 5) is 42.0. The van der Waals surface area contributed by atoms with Crippen molar-refractivity contribution in [2.24, 2.45) is 0 Å². The van der Waals surface area contributed by atoms with Crippen LogP contribution in [0.2, 0.25) is 5.02 Å². The van der Waals surface area contributed by atoms with Crippen molar-refractivity contribution in [3.8, 4) is 18.2 Å². The van der Waals surface area contributed by atoms with Crippen LogP contribution in [0.1, 0.15) is 54.6 Å². The fourth-order valence-corrected chi connectivity index (χ4v) is 4.79. The van der Waals surface area contributed by atoms with E-state index in [1.165, 1.54) is 12.1 Å². The van der Waals surface area contributed by atoms with Gasteiger partial charge in [0.25, 0.3) is 11.8 Å². The Morgan fingerprint density at radius 3 is 2.19 bits per heavy atom. The quantitative estimate of drug-likeness (QED) is 0.214. The molecule has 0 saturated heterocycles. The van der Waals surface area contributed by atoms with Crippen LogP contribution >= 0.6 is 11.6 Å². The van der Waals surface area contributed by atoms with E-state index in [-0.39, 0.29) is 12.2 Å². The molecule has 42 heavy (non-hydrogen) atoms. The number of carbonyl (C=O) groups is 3. The van der Waals surface area contributed by atoms with Crippen molar-refractivity contribution in [3.63, 3.8) is 0 Å². The monoisotopic (exact) mass is 589 g/mol. The molecule has 3 amide bonds. The number of benzene rings is 3. The Bertz CT molecular complexity index is 1470. The summed E-state index contributed by atoms with van der Waals surface area (Å²) in [5.74, 6) is -1.23. The topological polar surface area (TPSA) is 108 Å². The molecule has 8 nitrogen and oxygen atoms in total. The first kappa shape index (κ1) is 32.0. The first-order valence-corrected chi connectivity index (χ1v) is 13.8. The molecule has 0 fully saturated rings. The Kier molecular flexibility index (Phi) is 10.3. The number of rotatable bonds is 8. The van der Waals surface area contributed by atoms with Crippen LogP contribution in [-0.2, 0) is 20.7 Å². The highest BCUT2D eigenvalue weighted by molar-refractivity contribution is 6.34. The summed E-state index contributed by atoms with van der Waals surface area (Å²) in [6.45, 7) is 10.7. The second kappa shape index (κ2) is 13.5. The van der Waals surface area contributed by atoms with Gasteiger partial charge in [-0.3, -0.25) is 14.5 Å². The standard InChI is InChI=1S/C33H36ClN3O5/c1-8-37(31(40)27(35-32(41)42-33(5,6)7)19-23-12-14-25(38)15-13-23)29(24-17-20(2)16-21(3)18-24)30(39)36-28-22(4)10-9-11-26(28)34/h1,9-18,27,29,38H,19H2,2-7H3,(H,35,41)(H,36,39). The zero-order chi connectivity index (χ0) is 31.2. The smallest absolute Gasteiger partial charge is 0.408 e. The molecule has 0 aliphatic carbocycles. The van der Waals surface area contributed by atoms with Crippen molar-refractivity contribution in [1.29, 1.82) is 0 Å². The van der Waals surface area contributed by atoms with Gasteiger partial charge in [0, 0.05) is 12.5 Å². The van der Waals surface area contributed by atoms with Gasteiger partial charge in [-0.25, -0.2) is 4.79 Å². The number of terminal acetylenes is 1. The first-order valence-electron chi connectivity index (χ1n) is 13.4. The molecule has 3 rings (SSSR count). The maximum atomic E-state index is 14.2. The number of carbonyl (C=O) groups excluding carboxylic acids is 3. The Labute approximate surface area is 252 Å². The van der Waals surface area contributed by atoms with E-state index in [9.17, 15) is 19.5 Å². The summed E-state index contributed by atoms with van der Waals surface area (Å²) in [6.07, 6.45) is 5.13. The molecule has 0 aliphatic heterocycles. The summed E-state index contributed by atoms with van der Waals surface area (Å²) in [5, 5.41) is 15.5. The molecule has 0 spiro atoms. The Morgan fingerprint density at radius 2 is 1.64 bits per heavy atom. The van der Waals surface area contributed by atoms with E-state index in [2.05, 4.69) is 16.7 Å². The molecule has 0 saturated carbocycles. The van der Waals surface area contributed by atoms with Crippen LogP contribution in [0, 0.1) is 33.2 Å². The van der Waals surface area contributed by atoms with Crippen molar-refractivity contribution >= 4 is 35.2 Å². The minimum absolute atomic E-state index is 0.0152. The zero-order valence-electron chi connectivity index (χ0n) is 24.6. The van der Waals surface area contributed by atoms with Crippen LogP contribution in [-0.4, -0.2) is 39.6 Å². The third kappa shape index (κ3) is 8.51. The number of halogens is 1. The normalized spacial score (nSPS) is 12.4. The van der Waals surface area contributed by atoms with Crippen LogP contribution < -0.4 is 10.6 Å². The molecule has 3 N–H and O–H groups in total. The summed E-state index contributed by atoms with van der Waals surface area (Å²) in [6, 6.07) is 16.8. The molecule has 2 unspecified atom stereocenters. The third-order valence-corrected chi connectivity index (χ3v) is 6.59. The van der Waals surface area contributed by atoms with Gasteiger partial charge >= 0.3 is 6.09 Å². The van der Waals surface area contributed by atoms with E-state index >= 15 is 0 Å². The number of ether oxygens (including phenoxy) is 1. The van der Waals surface area contributed by atoms with Crippen LogP contribution in [0.5, 0.6) is 5.75 Å². The fraction of sp³-hybridized carbons (Fsp3) is 0.303. The van der Waals surface area contributed by atoms with E-state index in [1.807, 2.05) is 19.9 Å². The van der Waals surface area contributed by atoms with Gasteiger partial charge < -0.3 is 20.5 Å². The summed E-state index contributed by atoms with van der Waals surface area (Å²) < 4.78 is 5.41. The lowest BCUT2D eigenvalue weighted by atomic mass is 9.97. The van der Waals surface area contributed by atoms with Crippen molar-refractivity contribution in [2.75, 3.05) is 5.32 Å². The minimum atomic E-state index is -1.26. The Balaban J connectivity index is 2.08. The largest absolute Gasteiger partial charge is 0.508 e. The predicted molar refractivity (Wildman–Crippen MR) is 164 cm³/mol. The van der Waals surface area contributed by atoms with Crippen LogP contribution in [0.25, 0.3) is 0 Å². The number of aromatic hydroxyl groups is 1. The van der Waals surface area contributed by atoms with E-state index in [0.29, 0.717) is 21.8 Å². The van der Waals surface area contributed by atoms with Gasteiger partial charge in [0.2, 0.25) is 0 Å². The van der Waals surface area contributed by atoms with Crippen molar-refractivity contribution < 1.29 is 24.2 Å². The SMILES string of the molecule is C#CN(C(=O)C(Cc1ccc(O)cc1)NC(=O)OC(C)(C)C)C(C(=O)Nc1c(C)cccc1Cl)c1cc(C)cc(C)c1. The third-order valence-electron chi connectivity index (χ3n) is 6.28. The molecular formula is C33H36ClN3O5. The second-order valence-corrected chi connectivity index (χ2v) is 11.6. The van der Waals surface area contributed by atoms with E-state index in [1.54, 1.807) is 70.2 Å². The molecule has 0 radical (unpaired) electrons. The maximum Gasteiger partial charge on any atom is 0.408 e. The molecular weight excluding hydrogens is 554 g/mol. The van der Waals surface area contributed by atoms with Crippen LogP contribution in [0.3, 0.4) is 0 Å². The number of para-hydroxylation sites is 1. The first-order chi connectivity index (χ1) is 19.7. The molecule has 0 heterocycles. The molecule has 3 aromatic rings. The van der Waals surface area contributed by atoms with E-state index < -0.39 is 35.6 Å². The maximum absolute atomic E-state index is 14.2. The summed E-state index contributed by atoms with van der Waals surface area (Å²) >= 11 is 6.40. The number of hydrogen-bond donors (Lipinski definition) is 3. The number of aryl methyl sites for hydroxylation is 3. The van der Waals surface area contributed by atoms with Crippen LogP contribution in [0.4, 0.5) is 10.5 Å². The van der Waals surface area contributed by atoms with Crippen molar-refractivity contribution in [3.05, 3.63) is 93.5 Å². The highest BCUT2D eigenvalue weighted by Gasteiger charge is 2.36. The Morgan fingerprint density at radius 1 is 1.02 bits per heavy atom. The number of hydrogen-bond acceptors (Lipinski definition) is 5. The van der Waals surface area contributed by atoms with Gasteiger partial charge in [0.15, 0.2) is 0 Å². The molecule has 2 atom stereocenters. The van der Waals surface area contributed by atoms with Crippen molar-refractivity contribution in [2.45, 2.75) is 65.6 Å². The molecule has 0 aliphatic rings. The number of phenolic OH excluding ortho intramolecular Hbond substituents is 1. The lowest BCUT2D eigenvalue weighted by Gasteiger charge is -2.31. The Hall–Kier alpha value is -4.48. The van der Waals surface area contributed by atoms with Crippen LogP contribution in [0.15, 0.2) is 60.7 Å². The fourth-order valence-electron chi connectivity index (χ4n) is 4.52. The van der Waals surface area contributed by atoms with Gasteiger partial charge in [0.1, 0.15) is 23.4 Å². The number of amides is 3. The molecule has 9 heteroatoms. The van der Waals surface area contributed by atoms with Gasteiger partial charge in [-0.05, 0) is 76.4 Å². The number of anilines is 1.